The Morgan fingerprint density at radius 2 is 1.81 bits per heavy atom. The van der Waals surface area contributed by atoms with Crippen LogP contribution >= 0.6 is 11.6 Å². The average Bonchev–Trinajstić information content (AvgIpc) is 2.61. The summed E-state index contributed by atoms with van der Waals surface area (Å²) in [5, 5.41) is 2.98. The molecule has 0 aliphatic carbocycles. The van der Waals surface area contributed by atoms with Crippen molar-refractivity contribution in [2.75, 3.05) is 5.32 Å². The minimum absolute atomic E-state index is 0.217. The van der Waals surface area contributed by atoms with Crippen molar-refractivity contribution < 1.29 is 18.7 Å². The van der Waals surface area contributed by atoms with E-state index in [-0.39, 0.29) is 27.4 Å². The van der Waals surface area contributed by atoms with E-state index in [0.29, 0.717) is 5.52 Å². The number of carbonyl (C=O) groups is 2. The van der Waals surface area contributed by atoms with Crippen molar-refractivity contribution in [1.29, 1.82) is 0 Å². The van der Waals surface area contributed by atoms with E-state index in [1.54, 1.807) is 18.2 Å². The lowest BCUT2D eigenvalue weighted by molar-refractivity contribution is -0.131. The Balaban J connectivity index is 2.24. The van der Waals surface area contributed by atoms with Gasteiger partial charge in [-0.1, -0.05) is 17.7 Å². The molecule has 8 heteroatoms. The number of hydrogen-bond acceptors (Lipinski definition) is 4. The van der Waals surface area contributed by atoms with Crippen LogP contribution in [0.2, 0.25) is 5.02 Å². The molecule has 0 saturated carbocycles. The number of rotatable bonds is 3. The number of nitrogens with one attached hydrogen (secondary N) is 1. The van der Waals surface area contributed by atoms with Gasteiger partial charge in [-0.25, -0.2) is 4.39 Å². The third kappa shape index (κ3) is 3.54. The molecule has 1 amide bonds. The third-order valence-electron chi connectivity index (χ3n) is 3.90. The van der Waals surface area contributed by atoms with Crippen LogP contribution in [0.15, 0.2) is 47.3 Å². The fourth-order valence-electron chi connectivity index (χ4n) is 2.69. The number of fused-ring (bicyclic) bond motifs is 1. The van der Waals surface area contributed by atoms with Gasteiger partial charge in [0.1, 0.15) is 11.4 Å². The van der Waals surface area contributed by atoms with Crippen molar-refractivity contribution in [1.82, 2.24) is 4.57 Å². The number of pyridine rings is 1. The Bertz CT molecular complexity index is 1120. The molecule has 27 heavy (non-hydrogen) atoms. The van der Waals surface area contributed by atoms with Gasteiger partial charge < -0.3 is 14.6 Å². The Morgan fingerprint density at radius 1 is 1.15 bits per heavy atom. The van der Waals surface area contributed by atoms with Gasteiger partial charge in [-0.05, 0) is 36.4 Å². The zero-order chi connectivity index (χ0) is 19.7. The molecule has 0 aliphatic heterocycles. The van der Waals surface area contributed by atoms with Gasteiger partial charge in [0.15, 0.2) is 5.75 Å². The third-order valence-corrected chi connectivity index (χ3v) is 4.22. The number of aryl methyl sites for hydroxylation is 1. The quantitative estimate of drug-likeness (QED) is 0.696. The fourth-order valence-corrected chi connectivity index (χ4v) is 2.94. The smallest absolute Gasteiger partial charge is 0.308 e. The first-order valence-electron chi connectivity index (χ1n) is 7.86. The lowest BCUT2D eigenvalue weighted by atomic mass is 10.1. The number of esters is 1. The van der Waals surface area contributed by atoms with E-state index in [9.17, 15) is 18.8 Å². The van der Waals surface area contributed by atoms with E-state index >= 15 is 0 Å². The number of halogens is 2. The number of ether oxygens (including phenoxy) is 1. The second-order valence-electron chi connectivity index (χ2n) is 5.76. The van der Waals surface area contributed by atoms with Gasteiger partial charge >= 0.3 is 5.97 Å². The lowest BCUT2D eigenvalue weighted by Gasteiger charge is -2.15. The van der Waals surface area contributed by atoms with Crippen LogP contribution in [0, 0.1) is 5.82 Å². The van der Waals surface area contributed by atoms with Gasteiger partial charge in [0.25, 0.3) is 11.5 Å². The van der Waals surface area contributed by atoms with Crippen LogP contribution in [0.1, 0.15) is 17.3 Å². The summed E-state index contributed by atoms with van der Waals surface area (Å²) in [5.41, 5.74) is -0.364. The molecule has 0 saturated heterocycles. The number of aromatic nitrogens is 1. The van der Waals surface area contributed by atoms with Crippen molar-refractivity contribution in [2.45, 2.75) is 6.92 Å². The van der Waals surface area contributed by atoms with Crippen LogP contribution in [0.3, 0.4) is 0 Å². The zero-order valence-electron chi connectivity index (χ0n) is 14.4. The molecule has 0 unspecified atom stereocenters. The van der Waals surface area contributed by atoms with Crippen LogP contribution in [-0.4, -0.2) is 16.4 Å². The second kappa shape index (κ2) is 7.20. The van der Waals surface area contributed by atoms with E-state index in [4.69, 9.17) is 16.3 Å². The molecule has 6 nitrogen and oxygen atoms in total. The number of hydrogen-bond donors (Lipinski definition) is 1. The van der Waals surface area contributed by atoms with Crippen LogP contribution in [0.25, 0.3) is 10.9 Å². The highest BCUT2D eigenvalue weighted by Crippen LogP contribution is 2.33. The number of anilines is 1. The lowest BCUT2D eigenvalue weighted by Crippen LogP contribution is -2.29. The molecule has 0 atom stereocenters. The minimum atomic E-state index is -0.805. The normalized spacial score (nSPS) is 10.7. The van der Waals surface area contributed by atoms with Crippen molar-refractivity contribution >= 4 is 40.1 Å². The highest BCUT2D eigenvalue weighted by molar-refractivity contribution is 6.36. The molecule has 2 aromatic carbocycles. The summed E-state index contributed by atoms with van der Waals surface area (Å²) in [7, 11) is 1.48. The van der Waals surface area contributed by atoms with E-state index < -0.39 is 23.3 Å². The Hall–Kier alpha value is -3.19. The first-order chi connectivity index (χ1) is 12.8. The maximum Gasteiger partial charge on any atom is 0.308 e. The van der Waals surface area contributed by atoms with Crippen molar-refractivity contribution in [3.63, 3.8) is 0 Å². The molecule has 3 aromatic rings. The van der Waals surface area contributed by atoms with Gasteiger partial charge in [-0.3, -0.25) is 14.4 Å². The Morgan fingerprint density at radius 3 is 2.44 bits per heavy atom. The van der Waals surface area contributed by atoms with Crippen LogP contribution in [-0.2, 0) is 11.8 Å². The number of nitrogens with zero attached hydrogens (tertiary/aromatic N) is 1. The number of amides is 1. The average molecular weight is 389 g/mol. The van der Waals surface area contributed by atoms with Crippen molar-refractivity contribution in [2.24, 2.45) is 7.05 Å². The van der Waals surface area contributed by atoms with Crippen LogP contribution < -0.4 is 15.6 Å². The Labute approximate surface area is 158 Å². The monoisotopic (exact) mass is 388 g/mol. The topological polar surface area (TPSA) is 77.4 Å². The number of carbonyl (C=O) groups excluding carboxylic acids is 2. The highest BCUT2D eigenvalue weighted by Gasteiger charge is 2.25. The summed E-state index contributed by atoms with van der Waals surface area (Å²) in [4.78, 5) is 37.2. The summed E-state index contributed by atoms with van der Waals surface area (Å²) in [6.07, 6.45) is 0. The molecule has 0 spiro atoms. The zero-order valence-corrected chi connectivity index (χ0v) is 15.1. The predicted octanol–water partition coefficient (Wildman–Crippen LogP) is 3.51. The molecule has 0 fully saturated rings. The van der Waals surface area contributed by atoms with Gasteiger partial charge in [0.2, 0.25) is 0 Å². The summed E-state index contributed by atoms with van der Waals surface area (Å²) in [6, 6.07) is 9.84. The molecular formula is C19H14ClFN2O4. The van der Waals surface area contributed by atoms with Gasteiger partial charge in [-0.2, -0.15) is 0 Å². The molecule has 0 bridgehead atoms. The van der Waals surface area contributed by atoms with Crippen molar-refractivity contribution in [3.8, 4) is 5.75 Å². The second-order valence-corrected chi connectivity index (χ2v) is 6.16. The fraction of sp³-hybridized carbons (Fsp3) is 0.105. The first-order valence-corrected chi connectivity index (χ1v) is 8.24. The van der Waals surface area contributed by atoms with E-state index in [2.05, 4.69) is 5.32 Å². The highest BCUT2D eigenvalue weighted by atomic mass is 35.5. The molecule has 1 aromatic heterocycles. The number of benzene rings is 2. The summed E-state index contributed by atoms with van der Waals surface area (Å²) in [5.74, 6) is -2.20. The molecule has 1 N–H and O–H groups in total. The van der Waals surface area contributed by atoms with Gasteiger partial charge in [0, 0.05) is 19.7 Å². The molecule has 1 heterocycles. The van der Waals surface area contributed by atoms with E-state index in [1.807, 2.05) is 0 Å². The first kappa shape index (κ1) is 18.6. The molecular weight excluding hydrogens is 375 g/mol. The van der Waals surface area contributed by atoms with Crippen LogP contribution in [0.5, 0.6) is 5.75 Å². The minimum Gasteiger partial charge on any atom is -0.425 e. The van der Waals surface area contributed by atoms with Crippen LogP contribution in [0.4, 0.5) is 10.1 Å². The largest absolute Gasteiger partial charge is 0.425 e. The van der Waals surface area contributed by atoms with Gasteiger partial charge in [-0.15, -0.1) is 0 Å². The molecule has 0 radical (unpaired) electrons. The summed E-state index contributed by atoms with van der Waals surface area (Å²) >= 11 is 6.24. The van der Waals surface area contributed by atoms with E-state index in [1.165, 1.54) is 23.7 Å². The summed E-state index contributed by atoms with van der Waals surface area (Å²) < 4.78 is 19.5. The maximum absolute atomic E-state index is 13.1. The summed E-state index contributed by atoms with van der Waals surface area (Å²) in [6.45, 7) is 1.15. The molecule has 3 rings (SSSR count). The van der Waals surface area contributed by atoms with Crippen molar-refractivity contribution in [3.05, 3.63) is 69.2 Å². The molecule has 0 aliphatic rings. The standard InChI is InChI=1S/C19H14ClFN2O4/c1-10(24)27-17-15-13(20)4-3-5-14(15)23(2)19(26)16(17)18(25)22-12-8-6-11(21)7-9-12/h3-9H,1-2H3,(H,22,25). The molecule has 138 valence electrons. The maximum atomic E-state index is 13.1. The predicted molar refractivity (Wildman–Crippen MR) is 99.9 cm³/mol. The van der Waals surface area contributed by atoms with E-state index in [0.717, 1.165) is 19.1 Å². The van der Waals surface area contributed by atoms with Gasteiger partial charge in [0.05, 0.1) is 15.9 Å². The SMILES string of the molecule is CC(=O)Oc1c(C(=O)Nc2ccc(F)cc2)c(=O)n(C)c2cccc(Cl)c12. The Kier molecular flexibility index (Phi) is 4.96.